The molecule has 0 amide bonds. The molecule has 4 rings (SSSR count). The number of aliphatic carboxylic acids is 1. The molecule has 170 valence electrons. The Morgan fingerprint density at radius 3 is 2.42 bits per heavy atom. The van der Waals surface area contributed by atoms with Crippen LogP contribution in [0.2, 0.25) is 0 Å². The number of piperidine rings is 1. The van der Waals surface area contributed by atoms with Crippen molar-refractivity contribution in [2.24, 2.45) is 0 Å². The number of halogens is 3. The van der Waals surface area contributed by atoms with Gasteiger partial charge in [-0.15, -0.1) is 11.3 Å². The quantitative estimate of drug-likeness (QED) is 0.708. The van der Waals surface area contributed by atoms with Crippen molar-refractivity contribution in [1.29, 1.82) is 0 Å². The summed E-state index contributed by atoms with van der Waals surface area (Å²) in [6.07, 6.45) is -1.63. The van der Waals surface area contributed by atoms with Crippen LogP contribution >= 0.6 is 11.3 Å². The van der Waals surface area contributed by atoms with Crippen LogP contribution in [-0.4, -0.2) is 53.6 Å². The summed E-state index contributed by atoms with van der Waals surface area (Å²) in [6.45, 7) is 6.22. The fraction of sp³-hybridized carbons (Fsp3) is 0.500. The van der Waals surface area contributed by atoms with Crippen LogP contribution in [0, 0.1) is 6.92 Å². The number of ether oxygens (including phenoxy) is 2. The summed E-state index contributed by atoms with van der Waals surface area (Å²) >= 11 is 1.91. The third-order valence-electron chi connectivity index (χ3n) is 5.41. The van der Waals surface area contributed by atoms with Crippen LogP contribution in [0.15, 0.2) is 42.5 Å². The van der Waals surface area contributed by atoms with Gasteiger partial charge in [0.15, 0.2) is 0 Å². The third-order valence-corrected chi connectivity index (χ3v) is 6.39. The van der Waals surface area contributed by atoms with E-state index in [1.807, 2.05) is 41.7 Å². The lowest BCUT2D eigenvalue weighted by Crippen LogP contribution is -2.43. The lowest BCUT2D eigenvalue weighted by molar-refractivity contribution is -0.192. The van der Waals surface area contributed by atoms with Crippen LogP contribution in [-0.2, 0) is 16.1 Å². The van der Waals surface area contributed by atoms with Gasteiger partial charge in [0.2, 0.25) is 0 Å². The molecule has 1 aromatic heterocycles. The maximum Gasteiger partial charge on any atom is 0.490 e. The molecule has 3 heterocycles. The van der Waals surface area contributed by atoms with Crippen molar-refractivity contribution in [3.63, 3.8) is 0 Å². The SMILES string of the molecule is Cc1ccc(CN2CCC3(CC2)CC(Oc2ccccc2)CO3)s1.O=C(O)C(F)(F)F. The maximum absolute atomic E-state index is 10.6. The second kappa shape index (κ2) is 10.0. The predicted octanol–water partition coefficient (Wildman–Crippen LogP) is 4.89. The number of carboxylic acid groups (broad SMARTS) is 1. The van der Waals surface area contributed by atoms with E-state index in [0.717, 1.165) is 51.3 Å². The number of thiophene rings is 1. The molecule has 9 heteroatoms. The first kappa shape index (κ1) is 23.6. The fourth-order valence-corrected chi connectivity index (χ4v) is 4.76. The first-order valence-electron chi connectivity index (χ1n) is 10.1. The second-order valence-electron chi connectivity index (χ2n) is 7.84. The van der Waals surface area contributed by atoms with Crippen molar-refractivity contribution in [3.05, 3.63) is 52.2 Å². The van der Waals surface area contributed by atoms with Crippen LogP contribution in [0.5, 0.6) is 5.75 Å². The molecule has 0 aliphatic carbocycles. The highest BCUT2D eigenvalue weighted by atomic mass is 32.1. The lowest BCUT2D eigenvalue weighted by Gasteiger charge is -2.38. The maximum atomic E-state index is 10.6. The van der Waals surface area contributed by atoms with E-state index in [4.69, 9.17) is 19.4 Å². The number of aryl methyl sites for hydroxylation is 1. The number of hydrogen-bond acceptors (Lipinski definition) is 5. The Kier molecular flexibility index (Phi) is 7.61. The van der Waals surface area contributed by atoms with Gasteiger partial charge in [-0.2, -0.15) is 13.2 Å². The van der Waals surface area contributed by atoms with E-state index in [9.17, 15) is 13.2 Å². The van der Waals surface area contributed by atoms with Crippen molar-refractivity contribution in [1.82, 2.24) is 4.90 Å². The highest BCUT2D eigenvalue weighted by Gasteiger charge is 2.43. The molecule has 1 unspecified atom stereocenters. The number of rotatable bonds is 4. The summed E-state index contributed by atoms with van der Waals surface area (Å²) in [5.41, 5.74) is 0.0430. The molecule has 1 atom stereocenters. The number of benzene rings is 1. The highest BCUT2D eigenvalue weighted by molar-refractivity contribution is 7.11. The van der Waals surface area contributed by atoms with Crippen LogP contribution < -0.4 is 4.74 Å². The summed E-state index contributed by atoms with van der Waals surface area (Å²) in [5, 5.41) is 7.12. The van der Waals surface area contributed by atoms with Crippen LogP contribution in [0.3, 0.4) is 0 Å². The van der Waals surface area contributed by atoms with E-state index in [-0.39, 0.29) is 11.7 Å². The standard InChI is InChI=1S/C20H25NO2S.C2HF3O2/c1-16-7-8-19(24-16)14-21-11-9-20(10-12-21)13-18(15-22-20)23-17-5-3-2-4-6-17;3-2(4,5)1(6)7/h2-8,18H,9-15H2,1H3;(H,6,7). The van der Waals surface area contributed by atoms with Crippen molar-refractivity contribution in [2.45, 2.75) is 50.6 Å². The highest BCUT2D eigenvalue weighted by Crippen LogP contribution is 2.37. The number of likely N-dealkylation sites (tertiary alicyclic amines) is 1. The van der Waals surface area contributed by atoms with Crippen molar-refractivity contribution in [3.8, 4) is 5.75 Å². The summed E-state index contributed by atoms with van der Waals surface area (Å²) in [5.74, 6) is -1.80. The summed E-state index contributed by atoms with van der Waals surface area (Å²) in [6, 6.07) is 14.6. The number of nitrogens with zero attached hydrogens (tertiary/aromatic N) is 1. The van der Waals surface area contributed by atoms with Crippen LogP contribution in [0.1, 0.15) is 29.0 Å². The molecule has 2 saturated heterocycles. The van der Waals surface area contributed by atoms with E-state index < -0.39 is 12.1 Å². The first-order chi connectivity index (χ1) is 14.7. The predicted molar refractivity (Wildman–Crippen MR) is 111 cm³/mol. The van der Waals surface area contributed by atoms with Crippen LogP contribution in [0.4, 0.5) is 13.2 Å². The second-order valence-corrected chi connectivity index (χ2v) is 9.21. The average molecular weight is 458 g/mol. The molecule has 31 heavy (non-hydrogen) atoms. The number of carboxylic acids is 1. The molecule has 2 fully saturated rings. The zero-order chi connectivity index (χ0) is 22.5. The molecule has 1 N–H and O–H groups in total. The van der Waals surface area contributed by atoms with Crippen LogP contribution in [0.25, 0.3) is 0 Å². The van der Waals surface area contributed by atoms with Gasteiger partial charge in [0.25, 0.3) is 0 Å². The topological polar surface area (TPSA) is 59.0 Å². The zero-order valence-corrected chi connectivity index (χ0v) is 18.0. The summed E-state index contributed by atoms with van der Waals surface area (Å²) in [4.78, 5) is 14.3. The molecule has 1 spiro atoms. The average Bonchev–Trinajstić information content (AvgIpc) is 3.30. The normalized spacial score (nSPS) is 20.8. The number of hydrogen-bond donors (Lipinski definition) is 1. The minimum atomic E-state index is -5.08. The van der Waals surface area contributed by atoms with Gasteiger partial charge in [-0.25, -0.2) is 4.79 Å². The fourth-order valence-electron chi connectivity index (χ4n) is 3.83. The Morgan fingerprint density at radius 1 is 1.23 bits per heavy atom. The monoisotopic (exact) mass is 457 g/mol. The van der Waals surface area contributed by atoms with E-state index in [2.05, 4.69) is 24.0 Å². The van der Waals surface area contributed by atoms with Gasteiger partial charge >= 0.3 is 12.1 Å². The number of para-hydroxylation sites is 1. The van der Waals surface area contributed by atoms with Gasteiger partial charge in [0.05, 0.1) is 12.2 Å². The molecule has 2 aliphatic heterocycles. The molecular weight excluding hydrogens is 431 g/mol. The van der Waals surface area contributed by atoms with Gasteiger partial charge < -0.3 is 14.6 Å². The van der Waals surface area contributed by atoms with Gasteiger partial charge in [-0.05, 0) is 44.0 Å². The zero-order valence-electron chi connectivity index (χ0n) is 17.2. The van der Waals surface area contributed by atoms with E-state index in [0.29, 0.717) is 0 Å². The minimum Gasteiger partial charge on any atom is -0.488 e. The Bertz CT molecular complexity index is 848. The molecule has 0 saturated carbocycles. The number of alkyl halides is 3. The Morgan fingerprint density at radius 2 is 1.87 bits per heavy atom. The van der Waals surface area contributed by atoms with Crippen molar-refractivity contribution >= 4 is 17.3 Å². The number of carbonyl (C=O) groups is 1. The smallest absolute Gasteiger partial charge is 0.488 e. The van der Waals surface area contributed by atoms with E-state index in [1.54, 1.807) is 0 Å². The van der Waals surface area contributed by atoms with Crippen molar-refractivity contribution < 1.29 is 32.5 Å². The van der Waals surface area contributed by atoms with Gasteiger partial charge in [-0.3, -0.25) is 4.90 Å². The minimum absolute atomic E-state index is 0.0430. The lowest BCUT2D eigenvalue weighted by atomic mass is 9.88. The Balaban J connectivity index is 0.000000339. The molecule has 2 aliphatic rings. The molecule has 0 radical (unpaired) electrons. The van der Waals surface area contributed by atoms with Gasteiger partial charge in [-0.1, -0.05) is 18.2 Å². The third kappa shape index (κ3) is 6.95. The Hall–Kier alpha value is -2.10. The first-order valence-corrected chi connectivity index (χ1v) is 10.9. The van der Waals surface area contributed by atoms with E-state index in [1.165, 1.54) is 9.75 Å². The van der Waals surface area contributed by atoms with Gasteiger partial charge in [0.1, 0.15) is 11.9 Å². The largest absolute Gasteiger partial charge is 0.490 e. The van der Waals surface area contributed by atoms with Gasteiger partial charge in [0, 0.05) is 35.8 Å². The molecule has 1 aromatic carbocycles. The van der Waals surface area contributed by atoms with E-state index >= 15 is 0 Å². The molecular formula is C22H26F3NO4S. The molecule has 2 aromatic rings. The Labute approximate surface area is 183 Å². The summed E-state index contributed by atoms with van der Waals surface area (Å²) in [7, 11) is 0. The summed E-state index contributed by atoms with van der Waals surface area (Å²) < 4.78 is 44.0. The van der Waals surface area contributed by atoms with Crippen molar-refractivity contribution in [2.75, 3.05) is 19.7 Å². The molecule has 0 bridgehead atoms. The molecule has 5 nitrogen and oxygen atoms in total.